The van der Waals surface area contributed by atoms with Gasteiger partial charge in [-0.3, -0.25) is 0 Å². The van der Waals surface area contributed by atoms with Gasteiger partial charge in [0.15, 0.2) is 5.69 Å². The number of thiophene rings is 1. The highest BCUT2D eigenvalue weighted by molar-refractivity contribution is 9.11. The quantitative estimate of drug-likeness (QED) is 0.800. The van der Waals surface area contributed by atoms with Crippen LogP contribution in [0.4, 0.5) is 0 Å². The molecule has 0 spiro atoms. The normalized spacial score (nSPS) is 11.0. The van der Waals surface area contributed by atoms with Crippen LogP contribution in [0.5, 0.6) is 0 Å². The third-order valence-electron chi connectivity index (χ3n) is 2.65. The van der Waals surface area contributed by atoms with Gasteiger partial charge in [0, 0.05) is 0 Å². The summed E-state index contributed by atoms with van der Waals surface area (Å²) in [6, 6.07) is 2.04. The Kier molecular flexibility index (Phi) is 4.36. The number of hydrogen-bond donors (Lipinski definition) is 0. The Morgan fingerprint density at radius 1 is 1.58 bits per heavy atom. The van der Waals surface area contributed by atoms with Gasteiger partial charge in [-0.2, -0.15) is 0 Å². The number of carbonyl (C=O) groups is 1. The molecule has 0 atom stereocenters. The predicted molar refractivity (Wildman–Crippen MR) is 76.6 cm³/mol. The van der Waals surface area contributed by atoms with Crippen LogP contribution >= 0.6 is 27.3 Å². The van der Waals surface area contributed by atoms with E-state index in [-0.39, 0.29) is 5.92 Å². The summed E-state index contributed by atoms with van der Waals surface area (Å²) in [5.41, 5.74) is 2.22. The zero-order chi connectivity index (χ0) is 14.0. The molecule has 0 bridgehead atoms. The zero-order valence-corrected chi connectivity index (χ0v) is 13.3. The van der Waals surface area contributed by atoms with Gasteiger partial charge < -0.3 is 4.74 Å². The van der Waals surface area contributed by atoms with Crippen molar-refractivity contribution >= 4 is 33.2 Å². The first-order valence-corrected chi connectivity index (χ1v) is 7.44. The Bertz CT molecular complexity index is 592. The van der Waals surface area contributed by atoms with Crippen molar-refractivity contribution < 1.29 is 9.53 Å². The molecule has 102 valence electrons. The average molecular weight is 344 g/mol. The summed E-state index contributed by atoms with van der Waals surface area (Å²) < 4.78 is 7.56. The SMILES string of the molecule is COC(=O)c1nnn(Cc2csc(Br)c2)c1C(C)C. The summed E-state index contributed by atoms with van der Waals surface area (Å²) >= 11 is 5.05. The number of esters is 1. The van der Waals surface area contributed by atoms with Crippen molar-refractivity contribution in [1.29, 1.82) is 0 Å². The molecule has 2 aromatic heterocycles. The molecule has 0 aromatic carbocycles. The summed E-state index contributed by atoms with van der Waals surface area (Å²) in [5, 5.41) is 10.1. The van der Waals surface area contributed by atoms with Gasteiger partial charge in [0.05, 0.1) is 23.1 Å². The minimum atomic E-state index is -0.443. The lowest BCUT2D eigenvalue weighted by Crippen LogP contribution is -2.11. The average Bonchev–Trinajstić information content (AvgIpc) is 2.95. The molecule has 0 N–H and O–H groups in total. The summed E-state index contributed by atoms with van der Waals surface area (Å²) in [7, 11) is 1.35. The molecular weight excluding hydrogens is 330 g/mol. The Morgan fingerprint density at radius 3 is 2.84 bits per heavy atom. The van der Waals surface area contributed by atoms with Crippen molar-refractivity contribution in [2.24, 2.45) is 0 Å². The highest BCUT2D eigenvalue weighted by Gasteiger charge is 2.22. The maximum atomic E-state index is 11.7. The second-order valence-electron chi connectivity index (χ2n) is 4.39. The third kappa shape index (κ3) is 3.03. The fraction of sp³-hybridized carbons (Fsp3) is 0.417. The van der Waals surface area contributed by atoms with Crippen LogP contribution in [0.15, 0.2) is 15.2 Å². The Hall–Kier alpha value is -1.21. The standard InChI is InChI=1S/C12H14BrN3O2S/c1-7(2)11-10(12(17)18-3)14-15-16(11)5-8-4-9(13)19-6-8/h4,6-7H,5H2,1-3H3. The maximum Gasteiger partial charge on any atom is 0.360 e. The molecule has 5 nitrogen and oxygen atoms in total. The number of aromatic nitrogens is 3. The molecule has 0 aliphatic carbocycles. The van der Waals surface area contributed by atoms with Gasteiger partial charge in [-0.05, 0) is 38.9 Å². The molecule has 0 saturated carbocycles. The molecule has 0 fully saturated rings. The lowest BCUT2D eigenvalue weighted by atomic mass is 10.1. The molecule has 7 heteroatoms. The van der Waals surface area contributed by atoms with Gasteiger partial charge in [0.2, 0.25) is 0 Å². The van der Waals surface area contributed by atoms with Gasteiger partial charge in [-0.25, -0.2) is 9.48 Å². The van der Waals surface area contributed by atoms with Crippen LogP contribution in [0.2, 0.25) is 0 Å². The highest BCUT2D eigenvalue weighted by Crippen LogP contribution is 2.23. The van der Waals surface area contributed by atoms with E-state index in [0.717, 1.165) is 15.0 Å². The van der Waals surface area contributed by atoms with Gasteiger partial charge in [0.25, 0.3) is 0 Å². The van der Waals surface area contributed by atoms with E-state index in [1.807, 2.05) is 25.3 Å². The molecule has 2 rings (SSSR count). The number of ether oxygens (including phenoxy) is 1. The Morgan fingerprint density at radius 2 is 2.32 bits per heavy atom. The largest absolute Gasteiger partial charge is 0.464 e. The first-order valence-electron chi connectivity index (χ1n) is 5.77. The molecular formula is C12H14BrN3O2S. The van der Waals surface area contributed by atoms with Crippen molar-refractivity contribution in [3.63, 3.8) is 0 Å². The highest BCUT2D eigenvalue weighted by atomic mass is 79.9. The van der Waals surface area contributed by atoms with Crippen LogP contribution in [0.1, 0.15) is 41.5 Å². The van der Waals surface area contributed by atoms with Crippen LogP contribution in [-0.2, 0) is 11.3 Å². The lowest BCUT2D eigenvalue weighted by Gasteiger charge is -2.09. The maximum absolute atomic E-state index is 11.7. The van der Waals surface area contributed by atoms with E-state index in [0.29, 0.717) is 12.2 Å². The number of nitrogens with zero attached hydrogens (tertiary/aromatic N) is 3. The number of halogens is 1. The van der Waals surface area contributed by atoms with Crippen molar-refractivity contribution in [3.8, 4) is 0 Å². The van der Waals surface area contributed by atoms with E-state index < -0.39 is 5.97 Å². The third-order valence-corrected chi connectivity index (χ3v) is 4.21. The molecule has 19 heavy (non-hydrogen) atoms. The van der Waals surface area contributed by atoms with Crippen molar-refractivity contribution in [3.05, 3.63) is 32.2 Å². The van der Waals surface area contributed by atoms with Gasteiger partial charge in [-0.15, -0.1) is 16.4 Å². The molecule has 0 aliphatic heterocycles. The lowest BCUT2D eigenvalue weighted by molar-refractivity contribution is 0.0592. The van der Waals surface area contributed by atoms with E-state index in [2.05, 4.69) is 26.2 Å². The minimum absolute atomic E-state index is 0.145. The Balaban J connectivity index is 2.35. The molecule has 0 aliphatic rings. The van der Waals surface area contributed by atoms with Crippen LogP contribution < -0.4 is 0 Å². The number of carbonyl (C=O) groups excluding carboxylic acids is 1. The number of methoxy groups -OCH3 is 1. The van der Waals surface area contributed by atoms with Crippen molar-refractivity contribution in [2.45, 2.75) is 26.3 Å². The first kappa shape index (κ1) is 14.2. The smallest absolute Gasteiger partial charge is 0.360 e. The fourth-order valence-corrected chi connectivity index (χ4v) is 3.05. The first-order chi connectivity index (χ1) is 9.02. The van der Waals surface area contributed by atoms with Crippen LogP contribution in [0.3, 0.4) is 0 Å². The minimum Gasteiger partial charge on any atom is -0.464 e. The van der Waals surface area contributed by atoms with E-state index in [4.69, 9.17) is 4.74 Å². The number of rotatable bonds is 4. The van der Waals surface area contributed by atoms with Gasteiger partial charge >= 0.3 is 5.97 Å². The van der Waals surface area contributed by atoms with Crippen molar-refractivity contribution in [2.75, 3.05) is 7.11 Å². The van der Waals surface area contributed by atoms with E-state index >= 15 is 0 Å². The van der Waals surface area contributed by atoms with Gasteiger partial charge in [0.1, 0.15) is 0 Å². The van der Waals surface area contributed by atoms with Crippen LogP contribution in [-0.4, -0.2) is 28.1 Å². The molecule has 0 amide bonds. The second-order valence-corrected chi connectivity index (χ2v) is 6.68. The van der Waals surface area contributed by atoms with E-state index in [1.165, 1.54) is 7.11 Å². The van der Waals surface area contributed by atoms with Gasteiger partial charge in [-0.1, -0.05) is 19.1 Å². The number of hydrogen-bond acceptors (Lipinski definition) is 5. The van der Waals surface area contributed by atoms with Crippen LogP contribution in [0, 0.1) is 0 Å². The summed E-state index contributed by atoms with van der Waals surface area (Å²) in [6.45, 7) is 4.61. The summed E-state index contributed by atoms with van der Waals surface area (Å²) in [4.78, 5) is 11.7. The van der Waals surface area contributed by atoms with Crippen molar-refractivity contribution in [1.82, 2.24) is 15.0 Å². The molecule has 2 heterocycles. The Labute approximate surface area is 123 Å². The zero-order valence-electron chi connectivity index (χ0n) is 10.9. The molecule has 0 unspecified atom stereocenters. The monoisotopic (exact) mass is 343 g/mol. The van der Waals surface area contributed by atoms with E-state index in [9.17, 15) is 4.79 Å². The molecule has 0 radical (unpaired) electrons. The van der Waals surface area contributed by atoms with Crippen LogP contribution in [0.25, 0.3) is 0 Å². The summed E-state index contributed by atoms with van der Waals surface area (Å²) in [6.07, 6.45) is 0. The van der Waals surface area contributed by atoms with E-state index in [1.54, 1.807) is 16.0 Å². The predicted octanol–water partition coefficient (Wildman–Crippen LogP) is 3.06. The topological polar surface area (TPSA) is 57.0 Å². The molecule has 0 saturated heterocycles. The second kappa shape index (κ2) is 5.83. The summed E-state index contributed by atoms with van der Waals surface area (Å²) in [5.74, 6) is -0.298. The molecule has 2 aromatic rings. The fourth-order valence-electron chi connectivity index (χ4n) is 1.85.